The number of imidazole rings is 1. The van der Waals surface area contributed by atoms with E-state index in [9.17, 15) is 10.1 Å². The summed E-state index contributed by atoms with van der Waals surface area (Å²) in [6.45, 7) is 1.33. The molecule has 4 aromatic heterocycles. The third kappa shape index (κ3) is 4.02. The number of hydrogen-bond acceptors (Lipinski definition) is 6. The van der Waals surface area contributed by atoms with Gasteiger partial charge in [-0.2, -0.15) is 17.0 Å². The Morgan fingerprint density at radius 3 is 2.83 bits per heavy atom. The SMILES string of the molecule is N#C/C(=C\c1ccc(-c2nc3cnc4[nH]ccc4c3n2C2CCCCC2)o1)C(=O)N1CCSCC1. The summed E-state index contributed by atoms with van der Waals surface area (Å²) >= 11 is 1.83. The lowest BCUT2D eigenvalue weighted by Crippen LogP contribution is -2.38. The van der Waals surface area contributed by atoms with Gasteiger partial charge in [-0.15, -0.1) is 0 Å². The molecule has 1 N–H and O–H groups in total. The van der Waals surface area contributed by atoms with Crippen molar-refractivity contribution in [1.29, 1.82) is 5.26 Å². The number of pyridine rings is 1. The second kappa shape index (κ2) is 9.27. The predicted molar refractivity (Wildman–Crippen MR) is 137 cm³/mol. The number of nitriles is 1. The summed E-state index contributed by atoms with van der Waals surface area (Å²) in [6.07, 6.45) is 11.1. The van der Waals surface area contributed by atoms with Crippen LogP contribution in [0.3, 0.4) is 0 Å². The van der Waals surface area contributed by atoms with Gasteiger partial charge in [0.25, 0.3) is 5.91 Å². The average molecular weight is 487 g/mol. The van der Waals surface area contributed by atoms with Gasteiger partial charge in [0, 0.05) is 48.3 Å². The number of aromatic amines is 1. The second-order valence-corrected chi connectivity index (χ2v) is 10.3. The van der Waals surface area contributed by atoms with Crippen molar-refractivity contribution in [1.82, 2.24) is 24.4 Å². The first-order valence-electron chi connectivity index (χ1n) is 12.2. The first-order chi connectivity index (χ1) is 17.2. The molecule has 1 saturated heterocycles. The lowest BCUT2D eigenvalue weighted by atomic mass is 9.95. The second-order valence-electron chi connectivity index (χ2n) is 9.11. The normalized spacial score (nSPS) is 17.8. The van der Waals surface area contributed by atoms with Crippen molar-refractivity contribution in [2.75, 3.05) is 24.6 Å². The van der Waals surface area contributed by atoms with Gasteiger partial charge >= 0.3 is 0 Å². The van der Waals surface area contributed by atoms with Gasteiger partial charge in [-0.25, -0.2) is 9.97 Å². The zero-order valence-electron chi connectivity index (χ0n) is 19.4. The van der Waals surface area contributed by atoms with Crippen LogP contribution in [0.5, 0.6) is 0 Å². The van der Waals surface area contributed by atoms with Gasteiger partial charge in [-0.3, -0.25) is 4.79 Å². The van der Waals surface area contributed by atoms with Crippen LogP contribution in [0, 0.1) is 11.3 Å². The largest absolute Gasteiger partial charge is 0.453 e. The Bertz CT molecular complexity index is 1460. The number of H-pyrrole nitrogens is 1. The Morgan fingerprint density at radius 2 is 2.03 bits per heavy atom. The van der Waals surface area contributed by atoms with Gasteiger partial charge < -0.3 is 18.9 Å². The third-order valence-electron chi connectivity index (χ3n) is 6.96. The lowest BCUT2D eigenvalue weighted by molar-refractivity contribution is -0.126. The molecule has 0 aromatic carbocycles. The molecule has 35 heavy (non-hydrogen) atoms. The van der Waals surface area contributed by atoms with E-state index in [0.717, 1.165) is 52.2 Å². The van der Waals surface area contributed by atoms with Crippen molar-refractivity contribution in [2.45, 2.75) is 38.1 Å². The highest BCUT2D eigenvalue weighted by Gasteiger charge is 2.26. The van der Waals surface area contributed by atoms with Crippen molar-refractivity contribution in [3.05, 3.63) is 41.9 Å². The van der Waals surface area contributed by atoms with E-state index in [4.69, 9.17) is 9.40 Å². The molecule has 1 amide bonds. The van der Waals surface area contributed by atoms with E-state index in [-0.39, 0.29) is 11.5 Å². The maximum atomic E-state index is 12.8. The van der Waals surface area contributed by atoms with E-state index in [1.54, 1.807) is 17.0 Å². The van der Waals surface area contributed by atoms with Crippen LogP contribution >= 0.6 is 11.8 Å². The minimum Gasteiger partial charge on any atom is -0.453 e. The molecule has 9 heteroatoms. The van der Waals surface area contributed by atoms with Gasteiger partial charge in [-0.1, -0.05) is 19.3 Å². The minimum absolute atomic E-state index is 0.0943. The number of thioether (sulfide) groups is 1. The van der Waals surface area contributed by atoms with Crippen LogP contribution in [-0.2, 0) is 4.79 Å². The zero-order chi connectivity index (χ0) is 23.8. The summed E-state index contributed by atoms with van der Waals surface area (Å²) in [6, 6.07) is 8.14. The number of aromatic nitrogens is 4. The highest BCUT2D eigenvalue weighted by atomic mass is 32.2. The molecule has 1 aliphatic heterocycles. The maximum Gasteiger partial charge on any atom is 0.264 e. The Balaban J connectivity index is 1.41. The van der Waals surface area contributed by atoms with E-state index >= 15 is 0 Å². The highest BCUT2D eigenvalue weighted by Crippen LogP contribution is 2.38. The average Bonchev–Trinajstić information content (AvgIpc) is 3.65. The van der Waals surface area contributed by atoms with Gasteiger partial charge in [-0.05, 0) is 31.0 Å². The molecule has 8 nitrogen and oxygen atoms in total. The van der Waals surface area contributed by atoms with Crippen molar-refractivity contribution >= 4 is 45.8 Å². The van der Waals surface area contributed by atoms with E-state index in [1.807, 2.05) is 30.2 Å². The number of furan rings is 1. The number of fused-ring (bicyclic) bond motifs is 3. The molecule has 1 aliphatic carbocycles. The summed E-state index contributed by atoms with van der Waals surface area (Å²) < 4.78 is 8.50. The van der Waals surface area contributed by atoms with Crippen molar-refractivity contribution < 1.29 is 9.21 Å². The number of amides is 1. The first-order valence-corrected chi connectivity index (χ1v) is 13.3. The quantitative estimate of drug-likeness (QED) is 0.316. The molecule has 178 valence electrons. The molecule has 0 radical (unpaired) electrons. The number of carbonyl (C=O) groups is 1. The summed E-state index contributed by atoms with van der Waals surface area (Å²) in [4.78, 5) is 27.3. The number of carbonyl (C=O) groups excluding carboxylic acids is 1. The predicted octanol–water partition coefficient (Wildman–Crippen LogP) is 5.16. The topological polar surface area (TPSA) is 104 Å². The van der Waals surface area contributed by atoms with E-state index in [0.29, 0.717) is 30.7 Å². The molecule has 0 unspecified atom stereocenters. The summed E-state index contributed by atoms with van der Waals surface area (Å²) in [5, 5.41) is 10.7. The van der Waals surface area contributed by atoms with Crippen molar-refractivity contribution in [3.8, 4) is 17.7 Å². The molecule has 4 aromatic rings. The molecule has 0 bridgehead atoms. The number of hydrogen-bond donors (Lipinski definition) is 1. The molecular formula is C26H26N6O2S. The molecule has 1 saturated carbocycles. The fourth-order valence-corrected chi connectivity index (χ4v) is 6.14. The summed E-state index contributed by atoms with van der Waals surface area (Å²) in [5.41, 5.74) is 2.85. The Kier molecular flexibility index (Phi) is 5.82. The molecule has 0 atom stereocenters. The van der Waals surface area contributed by atoms with Gasteiger partial charge in [0.1, 0.15) is 28.6 Å². The molecular weight excluding hydrogens is 460 g/mol. The van der Waals surface area contributed by atoms with E-state index in [1.165, 1.54) is 19.3 Å². The number of rotatable bonds is 4. The number of nitrogens with one attached hydrogen (secondary N) is 1. The molecule has 0 spiro atoms. The lowest BCUT2D eigenvalue weighted by Gasteiger charge is -2.25. The van der Waals surface area contributed by atoms with Crippen LogP contribution in [-0.4, -0.2) is 54.9 Å². The monoisotopic (exact) mass is 486 g/mol. The molecule has 6 rings (SSSR count). The van der Waals surface area contributed by atoms with Crippen molar-refractivity contribution in [3.63, 3.8) is 0 Å². The summed E-state index contributed by atoms with van der Waals surface area (Å²) in [7, 11) is 0. The Labute approximate surface area is 207 Å². The number of nitrogens with zero attached hydrogens (tertiary/aromatic N) is 5. The Hall–Kier alpha value is -3.51. The van der Waals surface area contributed by atoms with E-state index in [2.05, 4.69) is 26.7 Å². The zero-order valence-corrected chi connectivity index (χ0v) is 20.2. The molecule has 2 aliphatic rings. The third-order valence-corrected chi connectivity index (χ3v) is 7.90. The van der Waals surface area contributed by atoms with Gasteiger partial charge in [0.05, 0.1) is 11.7 Å². The van der Waals surface area contributed by atoms with Crippen LogP contribution in [0.15, 0.2) is 40.6 Å². The molecule has 2 fully saturated rings. The van der Waals surface area contributed by atoms with Crippen LogP contribution in [0.4, 0.5) is 0 Å². The highest BCUT2D eigenvalue weighted by molar-refractivity contribution is 7.99. The first kappa shape index (κ1) is 22.0. The van der Waals surface area contributed by atoms with Crippen LogP contribution < -0.4 is 0 Å². The van der Waals surface area contributed by atoms with E-state index < -0.39 is 0 Å². The van der Waals surface area contributed by atoms with Crippen LogP contribution in [0.25, 0.3) is 39.7 Å². The van der Waals surface area contributed by atoms with Crippen LogP contribution in [0.1, 0.15) is 43.9 Å². The maximum absolute atomic E-state index is 12.8. The standard InChI is InChI=1S/C26H26N6O2S/c27-15-17(26(33)31-10-12-35-13-11-31)14-19-6-7-22(34-19)25-30-21-16-29-24-20(8-9-28-24)23(21)32(25)18-4-2-1-3-5-18/h6-9,14,16,18H,1-5,10-13H2,(H,28,29)/b17-14+. The fourth-order valence-electron chi connectivity index (χ4n) is 5.23. The smallest absolute Gasteiger partial charge is 0.264 e. The van der Waals surface area contributed by atoms with Crippen LogP contribution in [0.2, 0.25) is 0 Å². The minimum atomic E-state index is -0.235. The van der Waals surface area contributed by atoms with Gasteiger partial charge in [0.2, 0.25) is 0 Å². The fraction of sp³-hybridized carbons (Fsp3) is 0.385. The molecule has 5 heterocycles. The Morgan fingerprint density at radius 1 is 1.20 bits per heavy atom. The van der Waals surface area contributed by atoms with Crippen molar-refractivity contribution in [2.24, 2.45) is 0 Å². The summed E-state index contributed by atoms with van der Waals surface area (Å²) in [5.74, 6) is 3.43. The van der Waals surface area contributed by atoms with Gasteiger partial charge in [0.15, 0.2) is 11.6 Å².